The van der Waals surface area contributed by atoms with Crippen molar-refractivity contribution in [1.29, 1.82) is 5.26 Å². The van der Waals surface area contributed by atoms with Crippen LogP contribution >= 0.6 is 0 Å². The van der Waals surface area contributed by atoms with Crippen LogP contribution in [0, 0.1) is 17.2 Å². The fraction of sp³-hybridized carbons (Fsp3) is 0.417. The molecule has 1 atom stereocenters. The maximum Gasteiger partial charge on any atom is 0.240 e. The Morgan fingerprint density at radius 3 is 2.58 bits per heavy atom. The molecule has 6 nitrogen and oxygen atoms in total. The quantitative estimate of drug-likeness (QED) is 0.779. The average Bonchev–Trinajstić information content (AvgIpc) is 2.34. The maximum atomic E-state index is 11.4. The summed E-state index contributed by atoms with van der Waals surface area (Å²) in [5.74, 6) is -0.183. The number of hydrogen-bond acceptors (Lipinski definition) is 5. The Morgan fingerprint density at radius 2 is 2.11 bits per heavy atom. The molecular formula is C12H18N4O2S. The summed E-state index contributed by atoms with van der Waals surface area (Å²) in [7, 11) is -3.85. The minimum Gasteiger partial charge on any atom is -0.396 e. The van der Waals surface area contributed by atoms with Crippen molar-refractivity contribution in [2.75, 3.05) is 23.7 Å². The van der Waals surface area contributed by atoms with Crippen molar-refractivity contribution in [3.05, 3.63) is 18.2 Å². The van der Waals surface area contributed by atoms with E-state index < -0.39 is 10.0 Å². The Hall–Kier alpha value is -1.78. The number of para-hydroxylation sites is 1. The molecule has 0 radical (unpaired) electrons. The highest BCUT2D eigenvalue weighted by molar-refractivity contribution is 7.89. The van der Waals surface area contributed by atoms with Crippen molar-refractivity contribution in [1.82, 2.24) is 0 Å². The van der Waals surface area contributed by atoms with Crippen molar-refractivity contribution in [2.45, 2.75) is 18.7 Å². The fourth-order valence-corrected chi connectivity index (χ4v) is 2.50. The molecule has 1 unspecified atom stereocenters. The predicted octanol–water partition coefficient (Wildman–Crippen LogP) is 0.902. The minimum absolute atomic E-state index is 0.0898. The predicted molar refractivity (Wildman–Crippen MR) is 74.9 cm³/mol. The number of hydrogen-bond donors (Lipinski definition) is 2. The summed E-state index contributed by atoms with van der Waals surface area (Å²) in [5, 5.41) is 14.0. The van der Waals surface area contributed by atoms with Gasteiger partial charge in [0.2, 0.25) is 10.0 Å². The maximum absolute atomic E-state index is 11.4. The normalized spacial score (nSPS) is 12.7. The highest BCUT2D eigenvalue weighted by Crippen LogP contribution is 2.29. The van der Waals surface area contributed by atoms with E-state index in [9.17, 15) is 8.42 Å². The van der Waals surface area contributed by atoms with Crippen molar-refractivity contribution >= 4 is 21.4 Å². The molecule has 0 saturated heterocycles. The zero-order chi connectivity index (χ0) is 14.6. The van der Waals surface area contributed by atoms with Crippen LogP contribution in [0.5, 0.6) is 0 Å². The highest BCUT2D eigenvalue weighted by Gasteiger charge is 2.18. The molecule has 7 heteroatoms. The van der Waals surface area contributed by atoms with E-state index >= 15 is 0 Å². The molecule has 0 amide bonds. The van der Waals surface area contributed by atoms with Crippen LogP contribution in [0.1, 0.15) is 13.8 Å². The van der Waals surface area contributed by atoms with Gasteiger partial charge in [-0.2, -0.15) is 5.26 Å². The number of nitriles is 1. The first-order valence-corrected chi connectivity index (χ1v) is 7.41. The zero-order valence-corrected chi connectivity index (χ0v) is 11.8. The van der Waals surface area contributed by atoms with Crippen LogP contribution in [-0.2, 0) is 10.0 Å². The lowest BCUT2D eigenvalue weighted by atomic mass is 10.1. The summed E-state index contributed by atoms with van der Waals surface area (Å²) < 4.78 is 22.8. The van der Waals surface area contributed by atoms with Crippen LogP contribution in [0.2, 0.25) is 0 Å². The van der Waals surface area contributed by atoms with Gasteiger partial charge in [-0.25, -0.2) is 13.6 Å². The molecule has 0 aliphatic heterocycles. The van der Waals surface area contributed by atoms with E-state index in [1.807, 2.05) is 11.8 Å². The second-order valence-corrected chi connectivity index (χ2v) is 5.83. The van der Waals surface area contributed by atoms with Gasteiger partial charge in [-0.05, 0) is 26.0 Å². The van der Waals surface area contributed by atoms with E-state index in [-0.39, 0.29) is 16.5 Å². The van der Waals surface area contributed by atoms with Crippen LogP contribution in [-0.4, -0.2) is 21.5 Å². The summed E-state index contributed by atoms with van der Waals surface area (Å²) in [6.45, 7) is 4.80. The third kappa shape index (κ3) is 3.59. The number of sulfonamides is 1. The first-order chi connectivity index (χ1) is 8.81. The van der Waals surface area contributed by atoms with E-state index in [4.69, 9.17) is 16.1 Å². The van der Waals surface area contributed by atoms with Crippen LogP contribution in [0.3, 0.4) is 0 Å². The van der Waals surface area contributed by atoms with Gasteiger partial charge < -0.3 is 10.6 Å². The van der Waals surface area contributed by atoms with E-state index in [1.54, 1.807) is 19.1 Å². The third-order valence-electron chi connectivity index (χ3n) is 2.79. The van der Waals surface area contributed by atoms with Gasteiger partial charge in [-0.3, -0.25) is 0 Å². The number of rotatable bonds is 5. The second-order valence-electron chi connectivity index (χ2n) is 4.30. The lowest BCUT2D eigenvalue weighted by molar-refractivity contribution is 0.598. The topological polar surface area (TPSA) is 113 Å². The summed E-state index contributed by atoms with van der Waals surface area (Å²) in [4.78, 5) is 1.77. The SMILES string of the molecule is CCN(CC(C)C#N)c1cccc(S(N)(=O)=O)c1N. The van der Waals surface area contributed by atoms with E-state index in [0.717, 1.165) is 0 Å². The molecule has 0 fully saturated rings. The van der Waals surface area contributed by atoms with Gasteiger partial charge in [0.15, 0.2) is 0 Å². The molecule has 0 aliphatic rings. The molecule has 1 aromatic carbocycles. The molecule has 0 bridgehead atoms. The van der Waals surface area contributed by atoms with Crippen molar-refractivity contribution in [2.24, 2.45) is 11.1 Å². The van der Waals surface area contributed by atoms with Gasteiger partial charge in [0.1, 0.15) is 4.90 Å². The Kier molecular flexibility index (Phi) is 4.75. The van der Waals surface area contributed by atoms with Crippen LogP contribution < -0.4 is 15.8 Å². The Morgan fingerprint density at radius 1 is 1.47 bits per heavy atom. The molecule has 104 valence electrons. The molecule has 1 rings (SSSR count). The van der Waals surface area contributed by atoms with E-state index in [2.05, 4.69) is 6.07 Å². The fourth-order valence-electron chi connectivity index (χ4n) is 1.83. The van der Waals surface area contributed by atoms with E-state index in [0.29, 0.717) is 18.8 Å². The van der Waals surface area contributed by atoms with Gasteiger partial charge in [-0.15, -0.1) is 0 Å². The molecular weight excluding hydrogens is 264 g/mol. The first-order valence-electron chi connectivity index (χ1n) is 5.87. The van der Waals surface area contributed by atoms with Crippen molar-refractivity contribution < 1.29 is 8.42 Å². The number of benzene rings is 1. The largest absolute Gasteiger partial charge is 0.396 e. The summed E-state index contributed by atoms with van der Waals surface area (Å²) >= 11 is 0. The van der Waals surface area contributed by atoms with Crippen molar-refractivity contribution in [3.8, 4) is 6.07 Å². The minimum atomic E-state index is -3.85. The monoisotopic (exact) mass is 282 g/mol. The van der Waals surface area contributed by atoms with Crippen LogP contribution in [0.4, 0.5) is 11.4 Å². The van der Waals surface area contributed by atoms with Gasteiger partial charge in [0.05, 0.1) is 23.4 Å². The molecule has 0 aliphatic carbocycles. The average molecular weight is 282 g/mol. The summed E-state index contributed by atoms with van der Waals surface area (Å²) in [6, 6.07) is 6.82. The summed E-state index contributed by atoms with van der Waals surface area (Å²) in [5.41, 5.74) is 6.58. The second kappa shape index (κ2) is 5.91. The lowest BCUT2D eigenvalue weighted by Gasteiger charge is -2.26. The molecule has 0 aromatic heterocycles. The first kappa shape index (κ1) is 15.3. The molecule has 19 heavy (non-hydrogen) atoms. The van der Waals surface area contributed by atoms with Gasteiger partial charge in [0.25, 0.3) is 0 Å². The number of nitrogens with zero attached hydrogens (tertiary/aromatic N) is 2. The van der Waals surface area contributed by atoms with Gasteiger partial charge >= 0.3 is 0 Å². The number of nitrogens with two attached hydrogens (primary N) is 2. The standard InChI is InChI=1S/C12H18N4O2S/c1-3-16(8-9(2)7-13)10-5-4-6-11(12(10)14)19(15,17)18/h4-6,9H,3,8,14H2,1-2H3,(H2,15,17,18). The molecule has 1 aromatic rings. The van der Waals surface area contributed by atoms with Gasteiger partial charge in [0, 0.05) is 13.1 Å². The zero-order valence-electron chi connectivity index (χ0n) is 11.0. The molecule has 0 spiro atoms. The summed E-state index contributed by atoms with van der Waals surface area (Å²) in [6.07, 6.45) is 0. The highest BCUT2D eigenvalue weighted by atomic mass is 32.2. The number of primary sulfonamides is 1. The Balaban J connectivity index is 3.24. The smallest absolute Gasteiger partial charge is 0.240 e. The lowest BCUT2D eigenvalue weighted by Crippen LogP contribution is -2.29. The van der Waals surface area contributed by atoms with Gasteiger partial charge in [-0.1, -0.05) is 6.07 Å². The van der Waals surface area contributed by atoms with Crippen molar-refractivity contribution in [3.63, 3.8) is 0 Å². The molecule has 0 heterocycles. The number of anilines is 2. The third-order valence-corrected chi connectivity index (χ3v) is 3.76. The van der Waals surface area contributed by atoms with Crippen LogP contribution in [0.15, 0.2) is 23.1 Å². The Labute approximate surface area is 113 Å². The van der Waals surface area contributed by atoms with E-state index in [1.165, 1.54) is 6.07 Å². The van der Waals surface area contributed by atoms with Crippen LogP contribution in [0.25, 0.3) is 0 Å². The number of nitrogen functional groups attached to an aromatic ring is 1. The molecule has 4 N–H and O–H groups in total. The molecule has 0 saturated carbocycles. The Bertz CT molecular complexity index is 592.